The highest BCUT2D eigenvalue weighted by molar-refractivity contribution is 7.91. The van der Waals surface area contributed by atoms with Gasteiger partial charge in [-0.3, -0.25) is 4.79 Å². The number of para-hydroxylation sites is 1. The summed E-state index contributed by atoms with van der Waals surface area (Å²) >= 11 is 0. The van der Waals surface area contributed by atoms with E-state index in [4.69, 9.17) is 4.74 Å². The Morgan fingerprint density at radius 1 is 1.35 bits per heavy atom. The van der Waals surface area contributed by atoms with Crippen LogP contribution in [0.3, 0.4) is 0 Å². The highest BCUT2D eigenvalue weighted by Gasteiger charge is 2.36. The summed E-state index contributed by atoms with van der Waals surface area (Å²) < 4.78 is 28.7. The van der Waals surface area contributed by atoms with Crippen LogP contribution >= 0.6 is 0 Å². The molecule has 0 unspecified atom stereocenters. The maximum Gasteiger partial charge on any atom is 0.341 e. The summed E-state index contributed by atoms with van der Waals surface area (Å²) in [6.07, 6.45) is 0.996. The first-order valence-corrected chi connectivity index (χ1v) is 10.4. The predicted molar refractivity (Wildman–Crippen MR) is 97.6 cm³/mol. The zero-order chi connectivity index (χ0) is 18.9. The first-order valence-electron chi connectivity index (χ1n) is 8.60. The minimum absolute atomic E-state index is 0.0320. The molecular formula is C18H22N2O5S. The van der Waals surface area contributed by atoms with E-state index in [1.165, 1.54) is 11.8 Å². The van der Waals surface area contributed by atoms with E-state index in [1.54, 1.807) is 19.2 Å². The zero-order valence-electron chi connectivity index (χ0n) is 14.8. The van der Waals surface area contributed by atoms with Gasteiger partial charge in [0.15, 0.2) is 15.9 Å². The molecule has 140 valence electrons. The number of rotatable bonds is 5. The van der Waals surface area contributed by atoms with Gasteiger partial charge in [0.05, 0.1) is 17.1 Å². The summed E-state index contributed by atoms with van der Waals surface area (Å²) in [4.78, 5) is 29.6. The van der Waals surface area contributed by atoms with E-state index in [2.05, 4.69) is 4.98 Å². The van der Waals surface area contributed by atoms with Crippen molar-refractivity contribution in [1.29, 1.82) is 0 Å². The smallest absolute Gasteiger partial charge is 0.341 e. The lowest BCUT2D eigenvalue weighted by molar-refractivity contribution is -0.141. The second kappa shape index (κ2) is 7.11. The van der Waals surface area contributed by atoms with Crippen LogP contribution in [0, 0.1) is 0 Å². The Bertz CT molecular complexity index is 934. The lowest BCUT2D eigenvalue weighted by Gasteiger charge is -2.29. The number of aromatic nitrogens is 1. The molecule has 1 aromatic carbocycles. The van der Waals surface area contributed by atoms with Crippen molar-refractivity contribution in [3.8, 4) is 0 Å². The van der Waals surface area contributed by atoms with E-state index in [1.807, 2.05) is 18.2 Å². The normalized spacial score (nSPS) is 20.0. The van der Waals surface area contributed by atoms with Crippen LogP contribution < -0.4 is 0 Å². The van der Waals surface area contributed by atoms with Crippen LogP contribution in [0.5, 0.6) is 0 Å². The van der Waals surface area contributed by atoms with Gasteiger partial charge in [-0.25, -0.2) is 13.2 Å². The van der Waals surface area contributed by atoms with Gasteiger partial charge in [-0.05, 0) is 26.3 Å². The maximum absolute atomic E-state index is 12.7. The molecule has 7 nitrogen and oxygen atoms in total. The molecule has 0 aliphatic carbocycles. The van der Waals surface area contributed by atoms with Crippen LogP contribution in [0.2, 0.25) is 0 Å². The molecule has 1 aliphatic heterocycles. The fourth-order valence-electron chi connectivity index (χ4n) is 3.36. The minimum Gasteiger partial charge on any atom is -0.449 e. The van der Waals surface area contributed by atoms with Crippen molar-refractivity contribution in [2.24, 2.45) is 0 Å². The van der Waals surface area contributed by atoms with Crippen molar-refractivity contribution in [3.63, 3.8) is 0 Å². The molecule has 1 aliphatic rings. The number of hydrogen-bond donors (Lipinski definition) is 1. The van der Waals surface area contributed by atoms with Crippen LogP contribution in [-0.2, 0) is 19.4 Å². The Morgan fingerprint density at radius 3 is 2.73 bits per heavy atom. The topological polar surface area (TPSA) is 96.5 Å². The van der Waals surface area contributed by atoms with Crippen LogP contribution in [0.1, 0.15) is 30.6 Å². The van der Waals surface area contributed by atoms with Gasteiger partial charge in [0.1, 0.15) is 0 Å². The molecule has 2 aromatic rings. The van der Waals surface area contributed by atoms with Crippen LogP contribution in [0.25, 0.3) is 10.9 Å². The number of ether oxygens (including phenoxy) is 1. The number of carbonyl (C=O) groups is 2. The molecule has 0 saturated carbocycles. The molecule has 2 heterocycles. The number of hydrogen-bond acceptors (Lipinski definition) is 5. The minimum atomic E-state index is -3.10. The standard InChI is InChI=1S/C18H22N2O5S/c1-3-20(13-8-9-26(23,24)11-13)17(21)12(2)25-18(22)15-10-19-16-7-5-4-6-14(15)16/h4-7,10,12-13,19H,3,8-9,11H2,1-2H3/t12-,13-/m0/s1. The highest BCUT2D eigenvalue weighted by Crippen LogP contribution is 2.21. The van der Waals surface area contributed by atoms with E-state index in [9.17, 15) is 18.0 Å². The summed E-state index contributed by atoms with van der Waals surface area (Å²) in [7, 11) is -3.10. The molecule has 1 aromatic heterocycles. The van der Waals surface area contributed by atoms with Crippen molar-refractivity contribution in [1.82, 2.24) is 9.88 Å². The lowest BCUT2D eigenvalue weighted by atomic mass is 10.1. The molecule has 1 amide bonds. The average Bonchev–Trinajstić information content (AvgIpc) is 3.18. The Balaban J connectivity index is 1.71. The number of sulfone groups is 1. The third kappa shape index (κ3) is 3.60. The van der Waals surface area contributed by atoms with Crippen molar-refractivity contribution in [2.75, 3.05) is 18.1 Å². The average molecular weight is 378 g/mol. The van der Waals surface area contributed by atoms with Crippen LogP contribution in [0.15, 0.2) is 30.5 Å². The number of aromatic amines is 1. The highest BCUT2D eigenvalue weighted by atomic mass is 32.2. The Morgan fingerprint density at radius 2 is 2.08 bits per heavy atom. The molecule has 8 heteroatoms. The van der Waals surface area contributed by atoms with E-state index < -0.39 is 21.9 Å². The molecule has 2 atom stereocenters. The molecule has 0 spiro atoms. The number of H-pyrrole nitrogens is 1. The molecule has 3 rings (SSSR count). The second-order valence-electron chi connectivity index (χ2n) is 6.48. The fraction of sp³-hybridized carbons (Fsp3) is 0.444. The largest absolute Gasteiger partial charge is 0.449 e. The SMILES string of the molecule is CCN(C(=O)[C@H](C)OC(=O)c1c[nH]c2ccccc12)[C@H]1CCS(=O)(=O)C1. The molecule has 0 bridgehead atoms. The van der Waals surface area contributed by atoms with Gasteiger partial charge in [-0.1, -0.05) is 18.2 Å². The van der Waals surface area contributed by atoms with E-state index in [0.717, 1.165) is 10.9 Å². The Labute approximate surface area is 152 Å². The number of nitrogens with zero attached hydrogens (tertiary/aromatic N) is 1. The summed E-state index contributed by atoms with van der Waals surface area (Å²) in [6.45, 7) is 3.67. The molecular weight excluding hydrogens is 356 g/mol. The Kier molecular flexibility index (Phi) is 5.04. The molecule has 1 saturated heterocycles. The van der Waals surface area contributed by atoms with Gasteiger partial charge >= 0.3 is 5.97 Å². The molecule has 26 heavy (non-hydrogen) atoms. The van der Waals surface area contributed by atoms with Crippen molar-refractivity contribution in [2.45, 2.75) is 32.4 Å². The lowest BCUT2D eigenvalue weighted by Crippen LogP contribution is -2.46. The number of amides is 1. The third-order valence-electron chi connectivity index (χ3n) is 4.71. The van der Waals surface area contributed by atoms with E-state index >= 15 is 0 Å². The number of esters is 1. The van der Waals surface area contributed by atoms with Crippen molar-refractivity contribution < 1.29 is 22.7 Å². The van der Waals surface area contributed by atoms with E-state index in [0.29, 0.717) is 18.5 Å². The number of benzene rings is 1. The number of nitrogens with one attached hydrogen (secondary N) is 1. The van der Waals surface area contributed by atoms with Crippen LogP contribution in [-0.4, -0.2) is 60.4 Å². The number of carbonyl (C=O) groups excluding carboxylic acids is 2. The maximum atomic E-state index is 12.7. The molecule has 0 radical (unpaired) electrons. The first-order chi connectivity index (χ1) is 12.3. The summed E-state index contributed by atoms with van der Waals surface area (Å²) in [5.41, 5.74) is 1.18. The first kappa shape index (κ1) is 18.4. The van der Waals surface area contributed by atoms with Gasteiger partial charge in [0.2, 0.25) is 0 Å². The van der Waals surface area contributed by atoms with Gasteiger partial charge in [0, 0.05) is 29.7 Å². The van der Waals surface area contributed by atoms with Gasteiger partial charge < -0.3 is 14.6 Å². The summed E-state index contributed by atoms with van der Waals surface area (Å²) in [6, 6.07) is 6.97. The van der Waals surface area contributed by atoms with Gasteiger partial charge in [-0.15, -0.1) is 0 Å². The second-order valence-corrected chi connectivity index (χ2v) is 8.71. The van der Waals surface area contributed by atoms with Crippen LogP contribution in [0.4, 0.5) is 0 Å². The van der Waals surface area contributed by atoms with Crippen molar-refractivity contribution in [3.05, 3.63) is 36.0 Å². The monoisotopic (exact) mass is 378 g/mol. The van der Waals surface area contributed by atoms with E-state index in [-0.39, 0.29) is 23.5 Å². The molecule has 1 fully saturated rings. The molecule has 1 N–H and O–H groups in total. The quantitative estimate of drug-likeness (QED) is 0.800. The fourth-order valence-corrected chi connectivity index (χ4v) is 5.09. The summed E-state index contributed by atoms with van der Waals surface area (Å²) in [5, 5.41) is 0.728. The van der Waals surface area contributed by atoms with Gasteiger partial charge in [0.25, 0.3) is 5.91 Å². The Hall–Kier alpha value is -2.35. The summed E-state index contributed by atoms with van der Waals surface area (Å²) in [5.74, 6) is -0.901. The number of fused-ring (bicyclic) bond motifs is 1. The van der Waals surface area contributed by atoms with Crippen molar-refractivity contribution >= 4 is 32.6 Å². The third-order valence-corrected chi connectivity index (χ3v) is 6.46. The predicted octanol–water partition coefficient (Wildman–Crippen LogP) is 1.75. The number of likely N-dealkylation sites (N-methyl/N-ethyl adjacent to an activating group) is 1. The zero-order valence-corrected chi connectivity index (χ0v) is 15.6. The van der Waals surface area contributed by atoms with Gasteiger partial charge in [-0.2, -0.15) is 0 Å².